The number of benzene rings is 3. The number of carbonyl (C=O) groups is 1. The zero-order valence-corrected chi connectivity index (χ0v) is 18.7. The van der Waals surface area contributed by atoms with Crippen LogP contribution in [0.2, 0.25) is 0 Å². The highest BCUT2D eigenvalue weighted by Gasteiger charge is 2.27. The van der Waals surface area contributed by atoms with Crippen LogP contribution in [0.3, 0.4) is 0 Å². The first-order valence-corrected chi connectivity index (χ1v) is 10.3. The van der Waals surface area contributed by atoms with Gasteiger partial charge in [-0.15, -0.1) is 10.2 Å². The van der Waals surface area contributed by atoms with E-state index in [1.807, 2.05) is 30.3 Å². The monoisotopic (exact) mass is 463 g/mol. The van der Waals surface area contributed by atoms with Crippen molar-refractivity contribution in [2.75, 3.05) is 21.3 Å². The van der Waals surface area contributed by atoms with Gasteiger partial charge in [-0.05, 0) is 30.3 Å². The van der Waals surface area contributed by atoms with Crippen LogP contribution in [0.1, 0.15) is 27.9 Å². The molecule has 0 aliphatic carbocycles. The van der Waals surface area contributed by atoms with Gasteiger partial charge in [-0.3, -0.25) is 4.79 Å². The number of methoxy groups -OCH3 is 3. The van der Waals surface area contributed by atoms with Gasteiger partial charge in [0.15, 0.2) is 11.5 Å². The number of ether oxygens (including phenoxy) is 3. The Balaban J connectivity index is 1.73. The average molecular weight is 463 g/mol. The third kappa shape index (κ3) is 4.54. The van der Waals surface area contributed by atoms with Crippen molar-refractivity contribution in [1.29, 1.82) is 0 Å². The lowest BCUT2D eigenvalue weighted by Gasteiger charge is -2.18. The fourth-order valence-corrected chi connectivity index (χ4v) is 3.46. The highest BCUT2D eigenvalue weighted by Crippen LogP contribution is 2.38. The zero-order valence-electron chi connectivity index (χ0n) is 18.7. The molecule has 0 saturated carbocycles. The summed E-state index contributed by atoms with van der Waals surface area (Å²) in [6, 6.07) is 17.2. The summed E-state index contributed by atoms with van der Waals surface area (Å²) in [4.78, 5) is 13.3. The number of hydrogen-bond acceptors (Lipinski definition) is 7. The van der Waals surface area contributed by atoms with Gasteiger partial charge in [-0.1, -0.05) is 36.4 Å². The zero-order chi connectivity index (χ0) is 24.1. The normalized spacial score (nSPS) is 11.5. The van der Waals surface area contributed by atoms with Gasteiger partial charge in [-0.2, -0.15) is 0 Å². The van der Waals surface area contributed by atoms with Crippen LogP contribution < -0.4 is 19.5 Å². The number of amides is 1. The Labute approximate surface area is 195 Å². The number of rotatable bonds is 8. The summed E-state index contributed by atoms with van der Waals surface area (Å²) < 4.78 is 36.5. The summed E-state index contributed by atoms with van der Waals surface area (Å²) in [7, 11) is 4.36. The van der Waals surface area contributed by atoms with Gasteiger partial charge in [0.1, 0.15) is 11.9 Å². The molecule has 1 amide bonds. The Bertz CT molecular complexity index is 1270. The second-order valence-corrected chi connectivity index (χ2v) is 7.15. The number of aromatic nitrogens is 2. The van der Waals surface area contributed by atoms with Gasteiger partial charge in [0.2, 0.25) is 17.5 Å². The second kappa shape index (κ2) is 10.0. The average Bonchev–Trinajstić information content (AvgIpc) is 3.37. The minimum Gasteiger partial charge on any atom is -0.493 e. The summed E-state index contributed by atoms with van der Waals surface area (Å²) >= 11 is 0. The molecule has 1 atom stereocenters. The largest absolute Gasteiger partial charge is 0.493 e. The van der Waals surface area contributed by atoms with Crippen LogP contribution in [0.5, 0.6) is 17.2 Å². The maximum atomic E-state index is 14.7. The van der Waals surface area contributed by atoms with Gasteiger partial charge < -0.3 is 23.9 Å². The SMILES string of the molecule is COc1cc(C(=O)N[C@@H](c2nnc(-c3ccccc3)o2)c2ccccc2F)cc(OC)c1OC. The topological polar surface area (TPSA) is 95.7 Å². The summed E-state index contributed by atoms with van der Waals surface area (Å²) in [5.74, 6) is 0.168. The number of hydrogen-bond donors (Lipinski definition) is 1. The van der Waals surface area contributed by atoms with Gasteiger partial charge in [0, 0.05) is 16.7 Å². The first-order valence-electron chi connectivity index (χ1n) is 10.3. The summed E-state index contributed by atoms with van der Waals surface area (Å²) in [6.07, 6.45) is 0. The van der Waals surface area contributed by atoms with E-state index < -0.39 is 17.8 Å². The molecular weight excluding hydrogens is 441 g/mol. The summed E-state index contributed by atoms with van der Waals surface area (Å²) in [5, 5.41) is 10.9. The van der Waals surface area contributed by atoms with E-state index in [0.717, 1.165) is 0 Å². The molecule has 34 heavy (non-hydrogen) atoms. The summed E-state index contributed by atoms with van der Waals surface area (Å²) in [5.41, 5.74) is 1.08. The quantitative estimate of drug-likeness (QED) is 0.413. The Morgan fingerprint density at radius 1 is 0.912 bits per heavy atom. The molecule has 0 unspecified atom stereocenters. The molecule has 1 N–H and O–H groups in total. The van der Waals surface area contributed by atoms with Gasteiger partial charge in [0.25, 0.3) is 5.91 Å². The highest BCUT2D eigenvalue weighted by molar-refractivity contribution is 5.96. The van der Waals surface area contributed by atoms with Crippen LogP contribution in [-0.4, -0.2) is 37.4 Å². The van der Waals surface area contributed by atoms with Crippen molar-refractivity contribution < 1.29 is 27.8 Å². The van der Waals surface area contributed by atoms with Crippen molar-refractivity contribution in [3.05, 3.63) is 89.6 Å². The molecule has 0 bridgehead atoms. The third-order valence-electron chi connectivity index (χ3n) is 5.13. The molecule has 1 heterocycles. The van der Waals surface area contributed by atoms with Crippen molar-refractivity contribution in [2.24, 2.45) is 0 Å². The first-order chi connectivity index (χ1) is 16.5. The molecule has 4 rings (SSSR count). The lowest BCUT2D eigenvalue weighted by molar-refractivity contribution is 0.0936. The minimum absolute atomic E-state index is 0.0322. The summed E-state index contributed by atoms with van der Waals surface area (Å²) in [6.45, 7) is 0. The lowest BCUT2D eigenvalue weighted by Crippen LogP contribution is -2.30. The van der Waals surface area contributed by atoms with Crippen molar-refractivity contribution in [1.82, 2.24) is 15.5 Å². The minimum atomic E-state index is -1.04. The van der Waals surface area contributed by atoms with Crippen LogP contribution in [0, 0.1) is 5.82 Å². The van der Waals surface area contributed by atoms with E-state index in [-0.39, 0.29) is 22.9 Å². The van der Waals surface area contributed by atoms with Crippen LogP contribution in [-0.2, 0) is 0 Å². The Hall–Kier alpha value is -4.40. The number of halogens is 1. The molecule has 9 heteroatoms. The van der Waals surface area contributed by atoms with Gasteiger partial charge in [-0.25, -0.2) is 4.39 Å². The standard InChI is InChI=1S/C25H22FN3O5/c1-31-19-13-16(14-20(32-2)22(19)33-3)23(30)27-21(17-11-7-8-12-18(17)26)25-29-28-24(34-25)15-9-5-4-6-10-15/h4-14,21H,1-3H3,(H,27,30)/t21-/m1/s1. The number of carbonyl (C=O) groups excluding carboxylic acids is 1. The second-order valence-electron chi connectivity index (χ2n) is 7.15. The van der Waals surface area contributed by atoms with E-state index in [0.29, 0.717) is 22.8 Å². The van der Waals surface area contributed by atoms with Crippen molar-refractivity contribution in [2.45, 2.75) is 6.04 Å². The molecule has 0 fully saturated rings. The van der Waals surface area contributed by atoms with Crippen molar-refractivity contribution >= 4 is 5.91 Å². The molecule has 0 saturated heterocycles. The fraction of sp³-hybridized carbons (Fsp3) is 0.160. The van der Waals surface area contributed by atoms with Crippen LogP contribution >= 0.6 is 0 Å². The molecular formula is C25H22FN3O5. The maximum absolute atomic E-state index is 14.7. The highest BCUT2D eigenvalue weighted by atomic mass is 19.1. The number of nitrogens with one attached hydrogen (secondary N) is 1. The predicted octanol–water partition coefficient (Wildman–Crippen LogP) is 4.42. The van der Waals surface area contributed by atoms with Crippen molar-refractivity contribution in [3.8, 4) is 28.7 Å². The Morgan fingerprint density at radius 3 is 2.18 bits per heavy atom. The van der Waals surface area contributed by atoms with Crippen LogP contribution in [0.4, 0.5) is 4.39 Å². The molecule has 3 aromatic carbocycles. The molecule has 0 spiro atoms. The van der Waals surface area contributed by atoms with E-state index in [4.69, 9.17) is 18.6 Å². The smallest absolute Gasteiger partial charge is 0.252 e. The van der Waals surface area contributed by atoms with E-state index in [1.54, 1.807) is 18.2 Å². The predicted molar refractivity (Wildman–Crippen MR) is 122 cm³/mol. The van der Waals surface area contributed by atoms with Crippen LogP contribution in [0.15, 0.2) is 71.1 Å². The Morgan fingerprint density at radius 2 is 1.56 bits per heavy atom. The van der Waals surface area contributed by atoms with Crippen molar-refractivity contribution in [3.63, 3.8) is 0 Å². The molecule has 4 aromatic rings. The van der Waals surface area contributed by atoms with E-state index >= 15 is 0 Å². The first kappa shape index (κ1) is 22.8. The maximum Gasteiger partial charge on any atom is 0.252 e. The lowest BCUT2D eigenvalue weighted by atomic mass is 10.0. The van der Waals surface area contributed by atoms with E-state index in [2.05, 4.69) is 15.5 Å². The molecule has 0 aliphatic heterocycles. The molecule has 1 aromatic heterocycles. The van der Waals surface area contributed by atoms with E-state index in [1.165, 1.54) is 39.5 Å². The van der Waals surface area contributed by atoms with Gasteiger partial charge >= 0.3 is 0 Å². The van der Waals surface area contributed by atoms with Gasteiger partial charge in [0.05, 0.1) is 21.3 Å². The molecule has 8 nitrogen and oxygen atoms in total. The van der Waals surface area contributed by atoms with E-state index in [9.17, 15) is 9.18 Å². The third-order valence-corrected chi connectivity index (χ3v) is 5.13. The number of nitrogens with zero attached hydrogens (tertiary/aromatic N) is 2. The molecule has 0 aliphatic rings. The Kier molecular flexibility index (Phi) is 6.72. The molecule has 174 valence electrons. The van der Waals surface area contributed by atoms with Crippen LogP contribution in [0.25, 0.3) is 11.5 Å². The molecule has 0 radical (unpaired) electrons. The fourth-order valence-electron chi connectivity index (χ4n) is 3.46.